The Bertz CT molecular complexity index is 562. The van der Waals surface area contributed by atoms with Crippen LogP contribution in [0.15, 0.2) is 30.3 Å². The topological polar surface area (TPSA) is 49.4 Å². The maximum atomic E-state index is 12.7. The van der Waals surface area contributed by atoms with Crippen LogP contribution in [0.3, 0.4) is 0 Å². The molecule has 0 aromatic heterocycles. The fourth-order valence-corrected chi connectivity index (χ4v) is 2.67. The summed E-state index contributed by atoms with van der Waals surface area (Å²) in [5.41, 5.74) is 0.778. The Kier molecular flexibility index (Phi) is 4.64. The van der Waals surface area contributed by atoms with Crippen LogP contribution in [-0.2, 0) is 9.59 Å². The standard InChI is InChI=1S/C17H20N2O2/c1-4-9-14-17(21)19(12(3)5-2)15(16(20)18-14)13-10-7-6-8-11-13/h2,6-8,10-12,14-15H,4,9H2,1,3H3,(H,18,20). The minimum atomic E-state index is -0.655. The number of nitrogens with zero attached hydrogens (tertiary/aromatic N) is 1. The van der Waals surface area contributed by atoms with Crippen molar-refractivity contribution < 1.29 is 9.59 Å². The molecule has 1 fully saturated rings. The van der Waals surface area contributed by atoms with Crippen molar-refractivity contribution in [1.82, 2.24) is 10.2 Å². The van der Waals surface area contributed by atoms with Gasteiger partial charge >= 0.3 is 0 Å². The molecule has 1 aliphatic heterocycles. The van der Waals surface area contributed by atoms with Crippen molar-refractivity contribution in [3.63, 3.8) is 0 Å². The lowest BCUT2D eigenvalue weighted by Gasteiger charge is -2.41. The molecule has 0 saturated carbocycles. The first-order valence-electron chi connectivity index (χ1n) is 7.23. The maximum Gasteiger partial charge on any atom is 0.248 e. The fraction of sp³-hybridized carbons (Fsp3) is 0.412. The van der Waals surface area contributed by atoms with Gasteiger partial charge in [0.15, 0.2) is 0 Å². The Morgan fingerprint density at radius 3 is 2.57 bits per heavy atom. The summed E-state index contributed by atoms with van der Waals surface area (Å²) in [6.45, 7) is 3.76. The lowest BCUT2D eigenvalue weighted by molar-refractivity contribution is -0.151. The quantitative estimate of drug-likeness (QED) is 0.858. The highest BCUT2D eigenvalue weighted by atomic mass is 16.2. The van der Waals surface area contributed by atoms with E-state index in [1.54, 1.807) is 6.92 Å². The molecular formula is C17H20N2O2. The van der Waals surface area contributed by atoms with Crippen LogP contribution in [0.1, 0.15) is 38.3 Å². The zero-order chi connectivity index (χ0) is 15.4. The largest absolute Gasteiger partial charge is 0.342 e. The van der Waals surface area contributed by atoms with Gasteiger partial charge in [-0.15, -0.1) is 6.42 Å². The van der Waals surface area contributed by atoms with E-state index < -0.39 is 18.1 Å². The molecule has 1 aromatic rings. The van der Waals surface area contributed by atoms with Gasteiger partial charge in [0.25, 0.3) is 0 Å². The van der Waals surface area contributed by atoms with Crippen molar-refractivity contribution in [2.45, 2.75) is 44.8 Å². The molecule has 4 nitrogen and oxygen atoms in total. The molecule has 2 amide bonds. The molecule has 1 saturated heterocycles. The molecule has 0 spiro atoms. The Labute approximate surface area is 125 Å². The van der Waals surface area contributed by atoms with E-state index >= 15 is 0 Å². The highest BCUT2D eigenvalue weighted by molar-refractivity contribution is 5.97. The van der Waals surface area contributed by atoms with Crippen molar-refractivity contribution >= 4 is 11.8 Å². The van der Waals surface area contributed by atoms with Crippen molar-refractivity contribution in [3.8, 4) is 12.3 Å². The second kappa shape index (κ2) is 6.45. The first-order chi connectivity index (χ1) is 10.1. The molecule has 0 bridgehead atoms. The van der Waals surface area contributed by atoms with E-state index in [1.807, 2.05) is 37.3 Å². The van der Waals surface area contributed by atoms with Gasteiger partial charge in [-0.1, -0.05) is 49.6 Å². The first-order valence-corrected chi connectivity index (χ1v) is 7.23. The van der Waals surface area contributed by atoms with Crippen molar-refractivity contribution in [2.24, 2.45) is 0 Å². The molecule has 0 aliphatic carbocycles. The summed E-state index contributed by atoms with van der Waals surface area (Å²) in [4.78, 5) is 26.7. The van der Waals surface area contributed by atoms with E-state index in [2.05, 4.69) is 11.2 Å². The second-order valence-corrected chi connectivity index (χ2v) is 5.25. The number of amides is 2. The summed E-state index contributed by atoms with van der Waals surface area (Å²) in [5, 5.41) is 2.83. The summed E-state index contributed by atoms with van der Waals surface area (Å²) in [6, 6.07) is 7.71. The van der Waals surface area contributed by atoms with Gasteiger partial charge in [-0.3, -0.25) is 9.59 Å². The first kappa shape index (κ1) is 15.1. The minimum Gasteiger partial charge on any atom is -0.342 e. The van der Waals surface area contributed by atoms with E-state index in [1.165, 1.54) is 4.90 Å². The van der Waals surface area contributed by atoms with Crippen molar-refractivity contribution in [1.29, 1.82) is 0 Å². The van der Waals surface area contributed by atoms with E-state index in [-0.39, 0.29) is 11.8 Å². The smallest absolute Gasteiger partial charge is 0.248 e. The highest BCUT2D eigenvalue weighted by Gasteiger charge is 2.42. The van der Waals surface area contributed by atoms with Gasteiger partial charge in [-0.05, 0) is 18.9 Å². The number of nitrogens with one attached hydrogen (secondary N) is 1. The monoisotopic (exact) mass is 284 g/mol. The molecule has 0 radical (unpaired) electrons. The van der Waals surface area contributed by atoms with Gasteiger partial charge in [0, 0.05) is 0 Å². The highest BCUT2D eigenvalue weighted by Crippen LogP contribution is 2.28. The van der Waals surface area contributed by atoms with Gasteiger partial charge in [-0.25, -0.2) is 0 Å². The van der Waals surface area contributed by atoms with E-state index in [0.717, 1.165) is 12.0 Å². The van der Waals surface area contributed by atoms with Gasteiger partial charge in [-0.2, -0.15) is 0 Å². The number of hydrogen-bond donors (Lipinski definition) is 1. The van der Waals surface area contributed by atoms with Crippen LogP contribution in [-0.4, -0.2) is 28.8 Å². The van der Waals surface area contributed by atoms with Crippen LogP contribution in [0.4, 0.5) is 0 Å². The summed E-state index contributed by atoms with van der Waals surface area (Å²) in [7, 11) is 0. The van der Waals surface area contributed by atoms with Gasteiger partial charge < -0.3 is 10.2 Å². The SMILES string of the molecule is C#CC(C)N1C(=O)C(CCC)NC(=O)C1c1ccccc1. The van der Waals surface area contributed by atoms with E-state index in [4.69, 9.17) is 6.42 Å². The van der Waals surface area contributed by atoms with Crippen molar-refractivity contribution in [3.05, 3.63) is 35.9 Å². The molecule has 3 unspecified atom stereocenters. The van der Waals surface area contributed by atoms with Crippen molar-refractivity contribution in [2.75, 3.05) is 0 Å². The van der Waals surface area contributed by atoms with Crippen LogP contribution in [0.2, 0.25) is 0 Å². The van der Waals surface area contributed by atoms with Gasteiger partial charge in [0.1, 0.15) is 12.1 Å². The Hall–Kier alpha value is -2.28. The van der Waals surface area contributed by atoms with E-state index in [0.29, 0.717) is 6.42 Å². The number of carbonyl (C=O) groups excluding carboxylic acids is 2. The molecule has 110 valence electrons. The summed E-state index contributed by atoms with van der Waals surface area (Å²) in [6.07, 6.45) is 6.94. The van der Waals surface area contributed by atoms with Crippen LogP contribution in [0, 0.1) is 12.3 Å². The van der Waals surface area contributed by atoms with E-state index in [9.17, 15) is 9.59 Å². The minimum absolute atomic E-state index is 0.101. The summed E-state index contributed by atoms with van der Waals surface area (Å²) in [5.74, 6) is 2.31. The number of carbonyl (C=O) groups is 2. The number of piperazine rings is 1. The lowest BCUT2D eigenvalue weighted by Crippen LogP contribution is -2.61. The third-order valence-electron chi connectivity index (χ3n) is 3.75. The van der Waals surface area contributed by atoms with Crippen LogP contribution >= 0.6 is 0 Å². The second-order valence-electron chi connectivity index (χ2n) is 5.25. The maximum absolute atomic E-state index is 12.7. The third-order valence-corrected chi connectivity index (χ3v) is 3.75. The third kappa shape index (κ3) is 2.92. The van der Waals surface area contributed by atoms with Crippen LogP contribution < -0.4 is 5.32 Å². The summed E-state index contributed by atoms with van der Waals surface area (Å²) >= 11 is 0. The van der Waals surface area contributed by atoms with Crippen LogP contribution in [0.5, 0.6) is 0 Å². The number of terminal acetylenes is 1. The molecule has 21 heavy (non-hydrogen) atoms. The molecule has 1 N–H and O–H groups in total. The number of hydrogen-bond acceptors (Lipinski definition) is 2. The molecular weight excluding hydrogens is 264 g/mol. The Morgan fingerprint density at radius 1 is 1.33 bits per heavy atom. The fourth-order valence-electron chi connectivity index (χ4n) is 2.67. The molecule has 1 aromatic carbocycles. The lowest BCUT2D eigenvalue weighted by atomic mass is 9.96. The molecule has 4 heteroatoms. The molecule has 2 rings (SSSR count). The zero-order valence-electron chi connectivity index (χ0n) is 12.4. The van der Waals surface area contributed by atoms with Crippen LogP contribution in [0.25, 0.3) is 0 Å². The van der Waals surface area contributed by atoms with Gasteiger partial charge in [0.05, 0.1) is 6.04 Å². The predicted molar refractivity (Wildman–Crippen MR) is 81.2 cm³/mol. The molecule has 1 heterocycles. The molecule has 1 aliphatic rings. The predicted octanol–water partition coefficient (Wildman–Crippen LogP) is 1.88. The Morgan fingerprint density at radius 2 is 2.00 bits per heavy atom. The summed E-state index contributed by atoms with van der Waals surface area (Å²) < 4.78 is 0. The number of rotatable bonds is 4. The zero-order valence-corrected chi connectivity index (χ0v) is 12.4. The molecule has 3 atom stereocenters. The van der Waals surface area contributed by atoms with Gasteiger partial charge in [0.2, 0.25) is 11.8 Å². The normalized spacial score (nSPS) is 23.4. The average molecular weight is 284 g/mol. The number of benzene rings is 1. The average Bonchev–Trinajstić information content (AvgIpc) is 2.50. The Balaban J connectivity index is 2.40.